The summed E-state index contributed by atoms with van der Waals surface area (Å²) in [5.41, 5.74) is 0.974. The van der Waals surface area contributed by atoms with Crippen LogP contribution in [0, 0.1) is 21.8 Å². The third-order valence-corrected chi connectivity index (χ3v) is 8.51. The van der Waals surface area contributed by atoms with Gasteiger partial charge in [0, 0.05) is 56.5 Å². The van der Waals surface area contributed by atoms with E-state index in [-0.39, 0.29) is 42.1 Å². The molecule has 1 unspecified atom stereocenters. The van der Waals surface area contributed by atoms with Crippen LogP contribution in [0.1, 0.15) is 44.9 Å². The number of ether oxygens (including phenoxy) is 2. The lowest BCUT2D eigenvalue weighted by atomic mass is 9.83. The Labute approximate surface area is 248 Å². The van der Waals surface area contributed by atoms with Gasteiger partial charge >= 0.3 is 6.16 Å². The fourth-order valence-corrected chi connectivity index (χ4v) is 6.08. The zero-order valence-electron chi connectivity index (χ0n) is 23.8. The number of halogens is 1. The Bertz CT molecular complexity index is 1320. The van der Waals surface area contributed by atoms with Crippen LogP contribution in [0.15, 0.2) is 42.5 Å². The van der Waals surface area contributed by atoms with Gasteiger partial charge in [-0.3, -0.25) is 29.9 Å². The summed E-state index contributed by atoms with van der Waals surface area (Å²) in [6.07, 6.45) is 4.78. The molecule has 2 N–H and O–H groups in total. The summed E-state index contributed by atoms with van der Waals surface area (Å²) in [6.45, 7) is 3.40. The van der Waals surface area contributed by atoms with Crippen LogP contribution in [0.5, 0.6) is 5.75 Å². The number of nitro groups is 1. The van der Waals surface area contributed by atoms with Crippen LogP contribution < -0.4 is 20.3 Å². The predicted molar refractivity (Wildman–Crippen MR) is 155 cm³/mol. The Hall–Kier alpha value is -4.26. The highest BCUT2D eigenvalue weighted by Crippen LogP contribution is 2.32. The van der Waals surface area contributed by atoms with Gasteiger partial charge in [-0.1, -0.05) is 0 Å². The molecule has 3 fully saturated rings. The molecule has 230 valence electrons. The first-order valence-corrected chi connectivity index (χ1v) is 14.7. The number of nitrogens with zero attached hydrogens (tertiary/aromatic N) is 3. The van der Waals surface area contributed by atoms with E-state index >= 15 is 4.39 Å². The molecule has 2 amide bonds. The van der Waals surface area contributed by atoms with E-state index in [0.29, 0.717) is 29.8 Å². The van der Waals surface area contributed by atoms with Crippen LogP contribution in [0.3, 0.4) is 0 Å². The monoisotopic (exact) mass is 597 g/mol. The van der Waals surface area contributed by atoms with Gasteiger partial charge in [-0.15, -0.1) is 0 Å². The number of carbonyl (C=O) groups excluding carboxylic acids is 3. The summed E-state index contributed by atoms with van der Waals surface area (Å²) in [7, 11) is 0. The topological polar surface area (TPSA) is 143 Å². The van der Waals surface area contributed by atoms with Crippen molar-refractivity contribution < 1.29 is 33.2 Å². The molecule has 0 spiro atoms. The van der Waals surface area contributed by atoms with E-state index in [2.05, 4.69) is 20.4 Å². The number of nitro benzene ring substituents is 1. The van der Waals surface area contributed by atoms with Gasteiger partial charge in [0.2, 0.25) is 11.8 Å². The lowest BCUT2D eigenvalue weighted by Gasteiger charge is -2.42. The highest BCUT2D eigenvalue weighted by atomic mass is 19.1. The summed E-state index contributed by atoms with van der Waals surface area (Å²) in [5, 5.41) is 16.1. The molecule has 2 aliphatic heterocycles. The number of imide groups is 1. The van der Waals surface area contributed by atoms with Gasteiger partial charge in [0.15, 0.2) is 0 Å². The molecule has 3 aliphatic rings. The van der Waals surface area contributed by atoms with Crippen LogP contribution in [0.25, 0.3) is 0 Å². The van der Waals surface area contributed by atoms with E-state index in [1.807, 2.05) is 0 Å². The number of amides is 2. The lowest BCUT2D eigenvalue weighted by Crippen LogP contribution is -2.51. The number of piperazine rings is 1. The van der Waals surface area contributed by atoms with Crippen molar-refractivity contribution in [3.05, 3.63) is 58.4 Å². The number of non-ortho nitro benzene ring substituents is 1. The first-order chi connectivity index (χ1) is 20.7. The minimum Gasteiger partial charge on any atom is -0.434 e. The average Bonchev–Trinajstić information content (AvgIpc) is 2.99. The molecule has 0 radical (unpaired) electrons. The largest absolute Gasteiger partial charge is 0.513 e. The first-order valence-electron chi connectivity index (χ1n) is 14.7. The molecule has 43 heavy (non-hydrogen) atoms. The fourth-order valence-electron chi connectivity index (χ4n) is 6.08. The number of nitrogens with one attached hydrogen (secondary N) is 2. The number of benzene rings is 2. The summed E-state index contributed by atoms with van der Waals surface area (Å²) >= 11 is 0. The molecule has 2 heterocycles. The van der Waals surface area contributed by atoms with Gasteiger partial charge in [0.1, 0.15) is 17.6 Å². The van der Waals surface area contributed by atoms with Crippen molar-refractivity contribution in [2.45, 2.75) is 57.0 Å². The minimum atomic E-state index is -0.822. The quantitative estimate of drug-likeness (QED) is 0.142. The van der Waals surface area contributed by atoms with E-state index in [1.165, 1.54) is 30.3 Å². The second kappa shape index (κ2) is 13.8. The molecule has 1 saturated carbocycles. The molecule has 1 atom stereocenters. The van der Waals surface area contributed by atoms with Crippen LogP contribution in [-0.2, 0) is 14.3 Å². The molecule has 2 saturated heterocycles. The molecular formula is C30H36FN5O7. The van der Waals surface area contributed by atoms with E-state index in [0.717, 1.165) is 58.3 Å². The predicted octanol–water partition coefficient (Wildman–Crippen LogP) is 4.24. The minimum absolute atomic E-state index is 0.0834. The number of hydrogen-bond acceptors (Lipinski definition) is 10. The van der Waals surface area contributed by atoms with Gasteiger partial charge in [-0.2, -0.15) is 0 Å². The van der Waals surface area contributed by atoms with Crippen molar-refractivity contribution in [3.63, 3.8) is 0 Å². The van der Waals surface area contributed by atoms with Crippen molar-refractivity contribution in [1.29, 1.82) is 0 Å². The highest BCUT2D eigenvalue weighted by molar-refractivity contribution is 6.01. The maximum atomic E-state index is 15.0. The third-order valence-electron chi connectivity index (χ3n) is 8.51. The highest BCUT2D eigenvalue weighted by Gasteiger charge is 2.30. The molecule has 2 aromatic rings. The Balaban J connectivity index is 0.994. The summed E-state index contributed by atoms with van der Waals surface area (Å²) in [6, 6.07) is 10.1. The Morgan fingerprint density at radius 2 is 1.74 bits per heavy atom. The maximum Gasteiger partial charge on any atom is 0.513 e. The number of hydrogen-bond donors (Lipinski definition) is 2. The number of rotatable bonds is 9. The molecule has 2 aromatic carbocycles. The van der Waals surface area contributed by atoms with Crippen molar-refractivity contribution >= 4 is 35.0 Å². The van der Waals surface area contributed by atoms with Crippen LogP contribution >= 0.6 is 0 Å². The Morgan fingerprint density at radius 3 is 2.40 bits per heavy atom. The summed E-state index contributed by atoms with van der Waals surface area (Å²) in [4.78, 5) is 50.1. The first kappa shape index (κ1) is 30.2. The maximum absolute atomic E-state index is 15.0. The number of anilines is 2. The Kier molecular flexibility index (Phi) is 9.70. The van der Waals surface area contributed by atoms with Crippen LogP contribution in [0.2, 0.25) is 0 Å². The van der Waals surface area contributed by atoms with Gasteiger partial charge in [0.05, 0.1) is 17.2 Å². The second-order valence-corrected chi connectivity index (χ2v) is 11.3. The fraction of sp³-hybridized carbons (Fsp3) is 0.500. The lowest BCUT2D eigenvalue weighted by molar-refractivity contribution is -0.384. The second-order valence-electron chi connectivity index (χ2n) is 11.3. The van der Waals surface area contributed by atoms with E-state index in [4.69, 9.17) is 9.47 Å². The van der Waals surface area contributed by atoms with E-state index < -0.39 is 17.1 Å². The van der Waals surface area contributed by atoms with Gasteiger partial charge in [0.25, 0.3) is 5.69 Å². The van der Waals surface area contributed by atoms with Crippen LogP contribution in [-0.4, -0.2) is 72.7 Å². The standard InChI is InChI=1S/C30H36FN5O7/c31-25-19-21(32-26-10-12-28(37)33-29(26)38)3-11-27(25)35-16-14-34(15-17-35)22-4-1-20(2-5-22)13-18-42-30(39)43-24-8-6-23(7-9-24)36(40)41/h3,6-9,11,19-20,22,26,32H,1-2,4-5,10,12-18H2,(H,33,37,38). The van der Waals surface area contributed by atoms with E-state index in [1.54, 1.807) is 12.1 Å². The zero-order chi connectivity index (χ0) is 30.3. The van der Waals surface area contributed by atoms with E-state index in [9.17, 15) is 24.5 Å². The third kappa shape index (κ3) is 7.98. The molecule has 12 nitrogen and oxygen atoms in total. The van der Waals surface area contributed by atoms with Crippen LogP contribution in [0.4, 0.5) is 26.2 Å². The summed E-state index contributed by atoms with van der Waals surface area (Å²) < 4.78 is 25.3. The average molecular weight is 598 g/mol. The van der Waals surface area contributed by atoms with Crippen molar-refractivity contribution in [2.75, 3.05) is 43.0 Å². The van der Waals surface area contributed by atoms with Gasteiger partial charge < -0.3 is 19.7 Å². The van der Waals surface area contributed by atoms with Gasteiger partial charge in [-0.05, 0) is 74.8 Å². The molecule has 13 heteroatoms. The molecule has 1 aliphatic carbocycles. The molecule has 0 aromatic heterocycles. The zero-order valence-corrected chi connectivity index (χ0v) is 23.8. The molecule has 5 rings (SSSR count). The number of carbonyl (C=O) groups is 3. The smallest absolute Gasteiger partial charge is 0.434 e. The Morgan fingerprint density at radius 1 is 1.02 bits per heavy atom. The number of piperidine rings is 1. The molecular weight excluding hydrogens is 561 g/mol. The van der Waals surface area contributed by atoms with Crippen molar-refractivity contribution in [2.24, 2.45) is 5.92 Å². The van der Waals surface area contributed by atoms with Crippen molar-refractivity contribution in [3.8, 4) is 5.75 Å². The summed E-state index contributed by atoms with van der Waals surface area (Å²) in [5.74, 6) is -0.361. The normalized spacial score (nSPS) is 22.9. The molecule has 0 bridgehead atoms. The van der Waals surface area contributed by atoms with Crippen molar-refractivity contribution in [1.82, 2.24) is 10.2 Å². The van der Waals surface area contributed by atoms with Gasteiger partial charge in [-0.25, -0.2) is 9.18 Å². The SMILES string of the molecule is O=C1CCC(Nc2ccc(N3CCN(C4CCC(CCOC(=O)Oc5ccc([N+](=O)[O-])cc5)CC4)CC3)c(F)c2)C(=O)N1.